The van der Waals surface area contributed by atoms with Crippen molar-refractivity contribution < 1.29 is 0 Å². The SMILES string of the molecule is Clc1cccc2c1CN(c1ccncc1)CC2. The smallest absolute Gasteiger partial charge is 0.0458 e. The van der Waals surface area contributed by atoms with E-state index in [9.17, 15) is 0 Å². The first-order chi connectivity index (χ1) is 8.34. The number of hydrogen-bond acceptors (Lipinski definition) is 2. The van der Waals surface area contributed by atoms with E-state index in [1.54, 1.807) is 0 Å². The number of rotatable bonds is 1. The van der Waals surface area contributed by atoms with Crippen LogP contribution in [0.1, 0.15) is 11.1 Å². The van der Waals surface area contributed by atoms with Crippen LogP contribution in [0.4, 0.5) is 5.69 Å². The molecule has 17 heavy (non-hydrogen) atoms. The Balaban J connectivity index is 1.93. The highest BCUT2D eigenvalue weighted by Gasteiger charge is 2.18. The molecule has 2 heterocycles. The molecule has 0 radical (unpaired) electrons. The maximum absolute atomic E-state index is 6.26. The molecular formula is C14H13ClN2. The van der Waals surface area contributed by atoms with Crippen molar-refractivity contribution in [2.75, 3.05) is 11.4 Å². The Morgan fingerprint density at radius 1 is 1.12 bits per heavy atom. The van der Waals surface area contributed by atoms with Crippen molar-refractivity contribution in [1.29, 1.82) is 0 Å². The molecule has 3 heteroatoms. The Kier molecular flexibility index (Phi) is 2.73. The van der Waals surface area contributed by atoms with Gasteiger partial charge < -0.3 is 4.90 Å². The van der Waals surface area contributed by atoms with Crippen LogP contribution in [-0.2, 0) is 13.0 Å². The molecule has 0 saturated heterocycles. The number of benzene rings is 1. The van der Waals surface area contributed by atoms with E-state index < -0.39 is 0 Å². The van der Waals surface area contributed by atoms with Crippen LogP contribution in [0.15, 0.2) is 42.7 Å². The third-order valence-corrected chi connectivity index (χ3v) is 3.60. The second-order valence-corrected chi connectivity index (χ2v) is 4.66. The maximum Gasteiger partial charge on any atom is 0.0458 e. The molecule has 1 aromatic carbocycles. The van der Waals surface area contributed by atoms with Gasteiger partial charge in [-0.05, 0) is 35.7 Å². The Labute approximate surface area is 106 Å². The molecule has 1 aliphatic heterocycles. The Bertz CT molecular complexity index is 525. The number of fused-ring (bicyclic) bond motifs is 1. The first kappa shape index (κ1) is 10.6. The zero-order valence-corrected chi connectivity index (χ0v) is 10.2. The third-order valence-electron chi connectivity index (χ3n) is 3.24. The summed E-state index contributed by atoms with van der Waals surface area (Å²) in [5.41, 5.74) is 3.85. The molecule has 0 aliphatic carbocycles. The molecule has 0 spiro atoms. The Hall–Kier alpha value is -1.54. The molecule has 2 aromatic rings. The fraction of sp³-hybridized carbons (Fsp3) is 0.214. The summed E-state index contributed by atoms with van der Waals surface area (Å²) in [7, 11) is 0. The summed E-state index contributed by atoms with van der Waals surface area (Å²) in [6.45, 7) is 1.93. The molecule has 86 valence electrons. The first-order valence-corrected chi connectivity index (χ1v) is 6.13. The van der Waals surface area contributed by atoms with Gasteiger partial charge in [-0.25, -0.2) is 0 Å². The summed E-state index contributed by atoms with van der Waals surface area (Å²) in [6.07, 6.45) is 4.72. The molecule has 0 amide bonds. The Morgan fingerprint density at radius 3 is 2.76 bits per heavy atom. The average molecular weight is 245 g/mol. The highest BCUT2D eigenvalue weighted by molar-refractivity contribution is 6.31. The lowest BCUT2D eigenvalue weighted by atomic mass is 9.99. The molecule has 0 saturated carbocycles. The molecule has 2 nitrogen and oxygen atoms in total. The van der Waals surface area contributed by atoms with Gasteiger partial charge in [-0.2, -0.15) is 0 Å². The second kappa shape index (κ2) is 4.38. The van der Waals surface area contributed by atoms with Crippen molar-refractivity contribution in [3.8, 4) is 0 Å². The zero-order chi connectivity index (χ0) is 11.7. The van der Waals surface area contributed by atoms with Gasteiger partial charge in [-0.1, -0.05) is 23.7 Å². The van der Waals surface area contributed by atoms with Crippen molar-refractivity contribution >= 4 is 17.3 Å². The third kappa shape index (κ3) is 2.01. The zero-order valence-electron chi connectivity index (χ0n) is 9.44. The van der Waals surface area contributed by atoms with Gasteiger partial charge in [0.2, 0.25) is 0 Å². The lowest BCUT2D eigenvalue weighted by Crippen LogP contribution is -2.30. The van der Waals surface area contributed by atoms with E-state index in [2.05, 4.69) is 16.0 Å². The van der Waals surface area contributed by atoms with Gasteiger partial charge in [0.25, 0.3) is 0 Å². The van der Waals surface area contributed by atoms with E-state index >= 15 is 0 Å². The van der Waals surface area contributed by atoms with Gasteiger partial charge in [0.15, 0.2) is 0 Å². The maximum atomic E-state index is 6.26. The fourth-order valence-corrected chi connectivity index (χ4v) is 2.57. The van der Waals surface area contributed by atoms with E-state index in [1.165, 1.54) is 16.8 Å². The molecule has 1 aliphatic rings. The van der Waals surface area contributed by atoms with E-state index in [0.717, 1.165) is 24.5 Å². The predicted molar refractivity (Wildman–Crippen MR) is 70.4 cm³/mol. The number of anilines is 1. The van der Waals surface area contributed by atoms with Gasteiger partial charge in [-0.3, -0.25) is 4.98 Å². The normalized spacial score (nSPS) is 14.5. The summed E-state index contributed by atoms with van der Waals surface area (Å²) < 4.78 is 0. The number of pyridine rings is 1. The summed E-state index contributed by atoms with van der Waals surface area (Å²) >= 11 is 6.26. The standard InChI is InChI=1S/C14H13ClN2/c15-14-3-1-2-11-6-9-17(10-13(11)14)12-4-7-16-8-5-12/h1-5,7-8H,6,9-10H2. The molecule has 0 bridgehead atoms. The average Bonchev–Trinajstić information content (AvgIpc) is 2.40. The van der Waals surface area contributed by atoms with Crippen LogP contribution in [0.5, 0.6) is 0 Å². The lowest BCUT2D eigenvalue weighted by molar-refractivity contribution is 0.731. The van der Waals surface area contributed by atoms with E-state index in [1.807, 2.05) is 36.7 Å². The van der Waals surface area contributed by atoms with Gasteiger partial charge in [0.1, 0.15) is 0 Å². The topological polar surface area (TPSA) is 16.1 Å². The molecule has 0 atom stereocenters. The number of hydrogen-bond donors (Lipinski definition) is 0. The summed E-state index contributed by atoms with van der Waals surface area (Å²) in [4.78, 5) is 6.39. The Morgan fingerprint density at radius 2 is 1.94 bits per heavy atom. The predicted octanol–water partition coefficient (Wildman–Crippen LogP) is 3.30. The summed E-state index contributed by atoms with van der Waals surface area (Å²) in [6, 6.07) is 10.3. The van der Waals surface area contributed by atoms with E-state index in [4.69, 9.17) is 11.6 Å². The summed E-state index contributed by atoms with van der Waals surface area (Å²) in [5.74, 6) is 0. The minimum atomic E-state index is 0.876. The molecular weight excluding hydrogens is 232 g/mol. The lowest BCUT2D eigenvalue weighted by Gasteiger charge is -2.31. The number of nitrogens with zero attached hydrogens (tertiary/aromatic N) is 2. The van der Waals surface area contributed by atoms with Crippen molar-refractivity contribution in [3.63, 3.8) is 0 Å². The molecule has 0 unspecified atom stereocenters. The number of aromatic nitrogens is 1. The second-order valence-electron chi connectivity index (χ2n) is 4.25. The van der Waals surface area contributed by atoms with Gasteiger partial charge in [0.05, 0.1) is 0 Å². The largest absolute Gasteiger partial charge is 0.367 e. The van der Waals surface area contributed by atoms with E-state index in [-0.39, 0.29) is 0 Å². The van der Waals surface area contributed by atoms with Crippen LogP contribution in [-0.4, -0.2) is 11.5 Å². The van der Waals surface area contributed by atoms with Crippen molar-refractivity contribution in [2.45, 2.75) is 13.0 Å². The molecule has 3 rings (SSSR count). The van der Waals surface area contributed by atoms with Crippen LogP contribution < -0.4 is 4.90 Å². The van der Waals surface area contributed by atoms with Crippen LogP contribution in [0.25, 0.3) is 0 Å². The van der Waals surface area contributed by atoms with Crippen LogP contribution in [0.3, 0.4) is 0 Å². The first-order valence-electron chi connectivity index (χ1n) is 5.76. The molecule has 1 aromatic heterocycles. The van der Waals surface area contributed by atoms with Crippen LogP contribution in [0, 0.1) is 0 Å². The minimum absolute atomic E-state index is 0.876. The fourth-order valence-electron chi connectivity index (χ4n) is 2.32. The van der Waals surface area contributed by atoms with Gasteiger partial charge in [-0.15, -0.1) is 0 Å². The van der Waals surface area contributed by atoms with E-state index in [0.29, 0.717) is 0 Å². The highest BCUT2D eigenvalue weighted by atomic mass is 35.5. The van der Waals surface area contributed by atoms with Crippen LogP contribution >= 0.6 is 11.6 Å². The van der Waals surface area contributed by atoms with Crippen LogP contribution in [0.2, 0.25) is 5.02 Å². The van der Waals surface area contributed by atoms with Gasteiger partial charge >= 0.3 is 0 Å². The van der Waals surface area contributed by atoms with Crippen molar-refractivity contribution in [2.24, 2.45) is 0 Å². The van der Waals surface area contributed by atoms with Crippen molar-refractivity contribution in [1.82, 2.24) is 4.98 Å². The molecule has 0 N–H and O–H groups in total. The number of halogens is 1. The van der Waals surface area contributed by atoms with Gasteiger partial charge in [0, 0.05) is 36.2 Å². The van der Waals surface area contributed by atoms with Crippen molar-refractivity contribution in [3.05, 3.63) is 58.9 Å². The summed E-state index contributed by atoms with van der Waals surface area (Å²) in [5, 5.41) is 0.876. The monoisotopic (exact) mass is 244 g/mol. The quantitative estimate of drug-likeness (QED) is 0.765. The molecule has 0 fully saturated rings. The minimum Gasteiger partial charge on any atom is -0.367 e. The highest BCUT2D eigenvalue weighted by Crippen LogP contribution is 2.28.